The van der Waals surface area contributed by atoms with E-state index in [1.807, 2.05) is 12.1 Å². The summed E-state index contributed by atoms with van der Waals surface area (Å²) in [4.78, 5) is 4.56. The van der Waals surface area contributed by atoms with Gasteiger partial charge in [0.25, 0.3) is 0 Å². The van der Waals surface area contributed by atoms with Crippen LogP contribution in [0.15, 0.2) is 54.1 Å². The van der Waals surface area contributed by atoms with Gasteiger partial charge in [0, 0.05) is 18.0 Å². The lowest BCUT2D eigenvalue weighted by Crippen LogP contribution is -1.96. The minimum absolute atomic E-state index is 0.311. The number of nitrogens with zero attached hydrogens (tertiary/aromatic N) is 1. The van der Waals surface area contributed by atoms with Crippen molar-refractivity contribution in [2.24, 2.45) is 0 Å². The van der Waals surface area contributed by atoms with Crippen molar-refractivity contribution in [1.82, 2.24) is 4.98 Å². The minimum atomic E-state index is -3.15. The fraction of sp³-hybridized carbons (Fsp3) is 0.0714. The molecular formula is C14H13NO2S. The molecule has 18 heavy (non-hydrogen) atoms. The molecule has 0 saturated heterocycles. The first-order valence-electron chi connectivity index (χ1n) is 5.40. The van der Waals surface area contributed by atoms with Gasteiger partial charge >= 0.3 is 0 Å². The van der Waals surface area contributed by atoms with Crippen molar-refractivity contribution in [3.05, 3.63) is 54.7 Å². The van der Waals surface area contributed by atoms with Crippen LogP contribution >= 0.6 is 0 Å². The molecule has 0 radical (unpaired) electrons. The molecule has 2 aromatic rings. The number of pyridine rings is 1. The first-order valence-corrected chi connectivity index (χ1v) is 7.29. The van der Waals surface area contributed by atoms with Crippen molar-refractivity contribution < 1.29 is 8.42 Å². The van der Waals surface area contributed by atoms with Crippen LogP contribution in [0.1, 0.15) is 5.56 Å². The monoisotopic (exact) mass is 259 g/mol. The van der Waals surface area contributed by atoms with E-state index in [0.717, 1.165) is 16.8 Å². The molecule has 3 nitrogen and oxygen atoms in total. The molecule has 0 atom stereocenters. The minimum Gasteiger partial charge on any atom is -0.256 e. The van der Waals surface area contributed by atoms with E-state index in [9.17, 15) is 8.42 Å². The van der Waals surface area contributed by atoms with Crippen LogP contribution in [0, 0.1) is 0 Å². The second-order valence-electron chi connectivity index (χ2n) is 3.98. The van der Waals surface area contributed by atoms with Crippen molar-refractivity contribution in [1.29, 1.82) is 0 Å². The smallest absolute Gasteiger partial charge is 0.175 e. The molecule has 0 N–H and O–H groups in total. The normalized spacial score (nSPS) is 11.2. The van der Waals surface area contributed by atoms with Gasteiger partial charge in [-0.2, -0.15) is 0 Å². The van der Waals surface area contributed by atoms with E-state index in [4.69, 9.17) is 0 Å². The van der Waals surface area contributed by atoms with E-state index >= 15 is 0 Å². The Kier molecular flexibility index (Phi) is 3.30. The molecule has 0 unspecified atom stereocenters. The highest BCUT2D eigenvalue weighted by molar-refractivity contribution is 7.90. The molecule has 2 rings (SSSR count). The Morgan fingerprint density at radius 2 is 1.83 bits per heavy atom. The predicted octanol–water partition coefficient (Wildman–Crippen LogP) is 2.80. The molecule has 4 heteroatoms. The molecule has 1 heterocycles. The summed E-state index contributed by atoms with van der Waals surface area (Å²) in [6.45, 7) is 3.71. The Hall–Kier alpha value is -1.94. The van der Waals surface area contributed by atoms with E-state index in [-0.39, 0.29) is 0 Å². The Morgan fingerprint density at radius 3 is 2.39 bits per heavy atom. The average Bonchev–Trinajstić information content (AvgIpc) is 2.38. The second-order valence-corrected chi connectivity index (χ2v) is 5.99. The maximum atomic E-state index is 11.4. The van der Waals surface area contributed by atoms with Crippen molar-refractivity contribution in [3.8, 4) is 11.3 Å². The van der Waals surface area contributed by atoms with Gasteiger partial charge in [0.1, 0.15) is 0 Å². The average molecular weight is 259 g/mol. The summed E-state index contributed by atoms with van der Waals surface area (Å²) in [5.41, 5.74) is 2.66. The summed E-state index contributed by atoms with van der Waals surface area (Å²) in [6, 6.07) is 10.5. The molecular weight excluding hydrogens is 246 g/mol. The molecule has 0 amide bonds. The van der Waals surface area contributed by atoms with Crippen LogP contribution in [-0.4, -0.2) is 19.7 Å². The van der Waals surface area contributed by atoms with Crippen molar-refractivity contribution >= 4 is 15.9 Å². The number of benzene rings is 1. The second kappa shape index (κ2) is 4.74. The Balaban J connectivity index is 2.43. The molecule has 1 aromatic carbocycles. The van der Waals surface area contributed by atoms with Gasteiger partial charge in [-0.3, -0.25) is 4.98 Å². The van der Waals surface area contributed by atoms with E-state index in [2.05, 4.69) is 11.6 Å². The number of rotatable bonds is 3. The number of hydrogen-bond donors (Lipinski definition) is 0. The van der Waals surface area contributed by atoms with Gasteiger partial charge in [0.15, 0.2) is 9.84 Å². The molecule has 0 saturated carbocycles. The van der Waals surface area contributed by atoms with Gasteiger partial charge < -0.3 is 0 Å². The molecule has 0 aliphatic rings. The Bertz CT molecular complexity index is 673. The van der Waals surface area contributed by atoms with Crippen LogP contribution in [0.2, 0.25) is 0 Å². The molecule has 0 aliphatic heterocycles. The van der Waals surface area contributed by atoms with Gasteiger partial charge in [0.05, 0.1) is 10.6 Å². The van der Waals surface area contributed by atoms with Crippen LogP contribution in [0.25, 0.3) is 17.3 Å². The first kappa shape index (κ1) is 12.5. The highest BCUT2D eigenvalue weighted by Gasteiger charge is 2.07. The topological polar surface area (TPSA) is 47.0 Å². The summed E-state index contributed by atoms with van der Waals surface area (Å²) in [7, 11) is -3.15. The largest absolute Gasteiger partial charge is 0.256 e. The van der Waals surface area contributed by atoms with Gasteiger partial charge in [0.2, 0.25) is 0 Å². The van der Waals surface area contributed by atoms with Crippen molar-refractivity contribution in [2.45, 2.75) is 4.90 Å². The number of hydrogen-bond acceptors (Lipinski definition) is 3. The zero-order valence-electron chi connectivity index (χ0n) is 10.00. The summed E-state index contributed by atoms with van der Waals surface area (Å²) in [5, 5.41) is 0. The highest BCUT2D eigenvalue weighted by atomic mass is 32.2. The van der Waals surface area contributed by atoms with Crippen LogP contribution < -0.4 is 0 Å². The quantitative estimate of drug-likeness (QED) is 0.851. The zero-order chi connectivity index (χ0) is 13.2. The van der Waals surface area contributed by atoms with Crippen LogP contribution in [0.5, 0.6) is 0 Å². The third kappa shape index (κ3) is 2.65. The molecule has 0 fully saturated rings. The SMILES string of the molecule is C=Cc1ccnc(-c2ccc(S(C)(=O)=O)cc2)c1. The molecule has 1 aromatic heterocycles. The molecule has 0 aliphatic carbocycles. The van der Waals surface area contributed by atoms with Crippen LogP contribution in [-0.2, 0) is 9.84 Å². The fourth-order valence-corrected chi connectivity index (χ4v) is 2.24. The summed E-state index contributed by atoms with van der Waals surface area (Å²) in [6.07, 6.45) is 4.64. The predicted molar refractivity (Wildman–Crippen MR) is 72.9 cm³/mol. The van der Waals surface area contributed by atoms with Crippen LogP contribution in [0.3, 0.4) is 0 Å². The van der Waals surface area contributed by atoms with E-state index < -0.39 is 9.84 Å². The summed E-state index contributed by atoms with van der Waals surface area (Å²) < 4.78 is 22.7. The van der Waals surface area contributed by atoms with Gasteiger partial charge in [-0.1, -0.05) is 24.8 Å². The third-order valence-corrected chi connectivity index (χ3v) is 3.73. The Labute approximate surface area is 107 Å². The summed E-state index contributed by atoms with van der Waals surface area (Å²) in [5.74, 6) is 0. The molecule has 0 spiro atoms. The summed E-state index contributed by atoms with van der Waals surface area (Å²) >= 11 is 0. The third-order valence-electron chi connectivity index (χ3n) is 2.60. The maximum absolute atomic E-state index is 11.4. The lowest BCUT2D eigenvalue weighted by atomic mass is 10.1. The van der Waals surface area contributed by atoms with Gasteiger partial charge in [-0.05, 0) is 29.8 Å². The lowest BCUT2D eigenvalue weighted by Gasteiger charge is -2.03. The first-order chi connectivity index (χ1) is 8.50. The van der Waals surface area contributed by atoms with E-state index in [0.29, 0.717) is 4.90 Å². The van der Waals surface area contributed by atoms with Crippen molar-refractivity contribution in [2.75, 3.05) is 6.26 Å². The number of sulfone groups is 1. The zero-order valence-corrected chi connectivity index (χ0v) is 10.8. The highest BCUT2D eigenvalue weighted by Crippen LogP contribution is 2.20. The van der Waals surface area contributed by atoms with E-state index in [1.165, 1.54) is 6.26 Å². The van der Waals surface area contributed by atoms with Crippen molar-refractivity contribution in [3.63, 3.8) is 0 Å². The fourth-order valence-electron chi connectivity index (χ4n) is 1.60. The van der Waals surface area contributed by atoms with Gasteiger partial charge in [-0.25, -0.2) is 8.42 Å². The number of aromatic nitrogens is 1. The Morgan fingerprint density at radius 1 is 1.17 bits per heavy atom. The van der Waals surface area contributed by atoms with Crippen LogP contribution in [0.4, 0.5) is 0 Å². The molecule has 0 bridgehead atoms. The molecule has 92 valence electrons. The lowest BCUT2D eigenvalue weighted by molar-refractivity contribution is 0.602. The van der Waals surface area contributed by atoms with Gasteiger partial charge in [-0.15, -0.1) is 0 Å². The standard InChI is InChI=1S/C14H13NO2S/c1-3-11-8-9-15-14(10-11)12-4-6-13(7-5-12)18(2,16)17/h3-10H,1H2,2H3. The maximum Gasteiger partial charge on any atom is 0.175 e. The van der Waals surface area contributed by atoms with E-state index in [1.54, 1.807) is 36.5 Å².